The Morgan fingerprint density at radius 3 is 2.79 bits per heavy atom. The van der Waals surface area contributed by atoms with Gasteiger partial charge in [0, 0.05) is 13.5 Å². The van der Waals surface area contributed by atoms with Crippen molar-refractivity contribution in [2.75, 3.05) is 12.4 Å². The third-order valence-electron chi connectivity index (χ3n) is 1.62. The first-order valence-electron chi connectivity index (χ1n) is 4.39. The monoisotopic (exact) mass is 195 g/mol. The molecule has 1 aromatic rings. The van der Waals surface area contributed by atoms with Crippen LogP contribution in [0.15, 0.2) is 6.20 Å². The van der Waals surface area contributed by atoms with Gasteiger partial charge in [0.1, 0.15) is 5.69 Å². The fourth-order valence-corrected chi connectivity index (χ4v) is 0.809. The van der Waals surface area contributed by atoms with Crippen LogP contribution in [0.2, 0.25) is 0 Å². The molecule has 76 valence electrons. The minimum absolute atomic E-state index is 0.00973. The molecular weight excluding hydrogens is 182 g/mol. The first-order valence-corrected chi connectivity index (χ1v) is 4.39. The molecule has 0 aromatic carbocycles. The van der Waals surface area contributed by atoms with Gasteiger partial charge in [-0.1, -0.05) is 6.92 Å². The van der Waals surface area contributed by atoms with Gasteiger partial charge in [-0.05, 0) is 0 Å². The maximum Gasteiger partial charge on any atom is 0.242 e. The van der Waals surface area contributed by atoms with Crippen LogP contribution in [-0.4, -0.2) is 28.1 Å². The normalized spacial score (nSPS) is 9.57. The lowest BCUT2D eigenvalue weighted by atomic mass is 10.4. The average Bonchev–Trinajstić information content (AvgIpc) is 2.26. The van der Waals surface area contributed by atoms with Gasteiger partial charge in [0.25, 0.3) is 0 Å². The van der Waals surface area contributed by atoms with E-state index in [1.807, 2.05) is 0 Å². The van der Waals surface area contributed by atoms with E-state index in [9.17, 15) is 4.79 Å². The molecule has 0 saturated carbocycles. The maximum absolute atomic E-state index is 10.9. The largest absolute Gasteiger partial charge is 0.356 e. The third-order valence-corrected chi connectivity index (χ3v) is 1.62. The first kappa shape index (κ1) is 10.4. The summed E-state index contributed by atoms with van der Waals surface area (Å²) in [5.41, 5.74) is 0.644. The van der Waals surface area contributed by atoms with E-state index in [0.29, 0.717) is 24.6 Å². The molecule has 0 spiro atoms. The SMILES string of the molecule is CCC(=O)NCc1cnc(NC)nn1. The average molecular weight is 195 g/mol. The van der Waals surface area contributed by atoms with Gasteiger partial charge in [0.15, 0.2) is 0 Å². The van der Waals surface area contributed by atoms with Crippen molar-refractivity contribution < 1.29 is 4.79 Å². The molecule has 0 saturated heterocycles. The number of hydrogen-bond acceptors (Lipinski definition) is 5. The molecule has 0 fully saturated rings. The summed E-state index contributed by atoms with van der Waals surface area (Å²) in [6, 6.07) is 0. The molecule has 0 aliphatic heterocycles. The van der Waals surface area contributed by atoms with Crippen LogP contribution < -0.4 is 10.6 Å². The number of hydrogen-bond donors (Lipinski definition) is 2. The standard InChI is InChI=1S/C8H13N5O/c1-3-7(14)10-4-6-5-11-8(9-2)13-12-6/h5H,3-4H2,1-2H3,(H,10,14)(H,9,11,13). The van der Waals surface area contributed by atoms with Gasteiger partial charge in [-0.15, -0.1) is 10.2 Å². The first-order chi connectivity index (χ1) is 6.76. The quantitative estimate of drug-likeness (QED) is 0.703. The highest BCUT2D eigenvalue weighted by molar-refractivity contribution is 5.75. The van der Waals surface area contributed by atoms with Crippen LogP contribution in [-0.2, 0) is 11.3 Å². The number of carbonyl (C=O) groups is 1. The number of nitrogens with one attached hydrogen (secondary N) is 2. The number of aromatic nitrogens is 3. The molecule has 0 unspecified atom stereocenters. The van der Waals surface area contributed by atoms with Gasteiger partial charge >= 0.3 is 0 Å². The molecule has 0 radical (unpaired) electrons. The fraction of sp³-hybridized carbons (Fsp3) is 0.500. The van der Waals surface area contributed by atoms with E-state index in [0.717, 1.165) is 0 Å². The Balaban J connectivity index is 2.47. The van der Waals surface area contributed by atoms with Crippen LogP contribution in [0, 0.1) is 0 Å². The second-order valence-corrected chi connectivity index (χ2v) is 2.65. The Bertz CT molecular complexity index is 297. The number of nitrogens with zero attached hydrogens (tertiary/aromatic N) is 3. The van der Waals surface area contributed by atoms with Crippen molar-refractivity contribution in [2.45, 2.75) is 19.9 Å². The Hall–Kier alpha value is -1.72. The second-order valence-electron chi connectivity index (χ2n) is 2.65. The number of rotatable bonds is 4. The van der Waals surface area contributed by atoms with Crippen LogP contribution in [0.1, 0.15) is 19.0 Å². The summed E-state index contributed by atoms with van der Waals surface area (Å²) < 4.78 is 0. The highest BCUT2D eigenvalue weighted by Gasteiger charge is 2.00. The minimum Gasteiger partial charge on any atom is -0.356 e. The summed E-state index contributed by atoms with van der Waals surface area (Å²) in [4.78, 5) is 14.9. The van der Waals surface area contributed by atoms with Gasteiger partial charge in [0.05, 0.1) is 12.7 Å². The predicted octanol–water partition coefficient (Wildman–Crippen LogP) is -0.0605. The van der Waals surface area contributed by atoms with Crippen molar-refractivity contribution in [3.63, 3.8) is 0 Å². The minimum atomic E-state index is -0.00973. The topological polar surface area (TPSA) is 79.8 Å². The van der Waals surface area contributed by atoms with E-state index in [1.54, 1.807) is 20.2 Å². The van der Waals surface area contributed by atoms with Gasteiger partial charge in [0.2, 0.25) is 11.9 Å². The van der Waals surface area contributed by atoms with Crippen LogP contribution in [0.4, 0.5) is 5.95 Å². The summed E-state index contributed by atoms with van der Waals surface area (Å²) in [5, 5.41) is 13.1. The zero-order valence-electron chi connectivity index (χ0n) is 8.24. The molecule has 0 bridgehead atoms. The molecular formula is C8H13N5O. The number of carbonyl (C=O) groups excluding carboxylic acids is 1. The van der Waals surface area contributed by atoms with Crippen molar-refractivity contribution >= 4 is 11.9 Å². The summed E-state index contributed by atoms with van der Waals surface area (Å²) in [6.07, 6.45) is 2.05. The lowest BCUT2D eigenvalue weighted by Crippen LogP contribution is -2.22. The highest BCUT2D eigenvalue weighted by atomic mass is 16.1. The Kier molecular flexibility index (Phi) is 3.78. The molecule has 1 heterocycles. The van der Waals surface area contributed by atoms with Crippen molar-refractivity contribution in [1.82, 2.24) is 20.5 Å². The van der Waals surface area contributed by atoms with Crippen LogP contribution in [0.5, 0.6) is 0 Å². The molecule has 1 rings (SSSR count). The van der Waals surface area contributed by atoms with E-state index >= 15 is 0 Å². The zero-order chi connectivity index (χ0) is 10.4. The summed E-state index contributed by atoms with van der Waals surface area (Å²) in [7, 11) is 1.72. The fourth-order valence-electron chi connectivity index (χ4n) is 0.809. The Morgan fingerprint density at radius 2 is 2.29 bits per heavy atom. The zero-order valence-corrected chi connectivity index (χ0v) is 8.24. The third kappa shape index (κ3) is 2.96. The second kappa shape index (κ2) is 5.11. The molecule has 0 aliphatic carbocycles. The lowest BCUT2D eigenvalue weighted by molar-refractivity contribution is -0.120. The van der Waals surface area contributed by atoms with Crippen molar-refractivity contribution in [1.29, 1.82) is 0 Å². The van der Waals surface area contributed by atoms with Gasteiger partial charge < -0.3 is 10.6 Å². The molecule has 6 nitrogen and oxygen atoms in total. The van der Waals surface area contributed by atoms with Crippen molar-refractivity contribution in [3.05, 3.63) is 11.9 Å². The molecule has 1 amide bonds. The van der Waals surface area contributed by atoms with Crippen LogP contribution in [0.25, 0.3) is 0 Å². The van der Waals surface area contributed by atoms with E-state index in [1.165, 1.54) is 0 Å². The van der Waals surface area contributed by atoms with Crippen LogP contribution >= 0.6 is 0 Å². The summed E-state index contributed by atoms with van der Waals surface area (Å²) in [6.45, 7) is 2.17. The van der Waals surface area contributed by atoms with Gasteiger partial charge in [-0.2, -0.15) is 0 Å². The Labute approximate surface area is 82.1 Å². The molecule has 0 atom stereocenters. The van der Waals surface area contributed by atoms with Gasteiger partial charge in [-0.25, -0.2) is 4.98 Å². The van der Waals surface area contributed by atoms with E-state index < -0.39 is 0 Å². The predicted molar refractivity (Wildman–Crippen MR) is 51.5 cm³/mol. The van der Waals surface area contributed by atoms with Crippen LogP contribution in [0.3, 0.4) is 0 Å². The Morgan fingerprint density at radius 1 is 1.50 bits per heavy atom. The maximum atomic E-state index is 10.9. The van der Waals surface area contributed by atoms with E-state index in [-0.39, 0.29) is 5.91 Å². The molecule has 1 aromatic heterocycles. The van der Waals surface area contributed by atoms with Gasteiger partial charge in [-0.3, -0.25) is 4.79 Å². The molecule has 2 N–H and O–H groups in total. The van der Waals surface area contributed by atoms with Crippen molar-refractivity contribution in [3.8, 4) is 0 Å². The molecule has 0 aliphatic rings. The summed E-state index contributed by atoms with van der Waals surface area (Å²) in [5.74, 6) is 0.458. The number of anilines is 1. The molecule has 14 heavy (non-hydrogen) atoms. The smallest absolute Gasteiger partial charge is 0.242 e. The van der Waals surface area contributed by atoms with E-state index in [2.05, 4.69) is 25.8 Å². The summed E-state index contributed by atoms with van der Waals surface area (Å²) >= 11 is 0. The van der Waals surface area contributed by atoms with E-state index in [4.69, 9.17) is 0 Å². The lowest BCUT2D eigenvalue weighted by Gasteiger charge is -2.02. The van der Waals surface area contributed by atoms with Crippen molar-refractivity contribution in [2.24, 2.45) is 0 Å². The number of amides is 1. The highest BCUT2D eigenvalue weighted by Crippen LogP contribution is 1.94. The molecule has 6 heteroatoms.